The van der Waals surface area contributed by atoms with Gasteiger partial charge in [0.1, 0.15) is 17.4 Å². The van der Waals surface area contributed by atoms with Gasteiger partial charge in [-0.2, -0.15) is 21.0 Å². The number of thioether (sulfide) groups is 2. The molecule has 3 fully saturated rings. The second-order valence-corrected chi connectivity index (χ2v) is 34.6. The molecular weight excluding hydrogens is 1470 g/mol. The van der Waals surface area contributed by atoms with Crippen LogP contribution in [0.5, 0.6) is 0 Å². The molecule has 0 saturated heterocycles. The van der Waals surface area contributed by atoms with Crippen molar-refractivity contribution in [3.63, 3.8) is 0 Å². The lowest BCUT2D eigenvalue weighted by Crippen LogP contribution is -2.26. The van der Waals surface area contributed by atoms with Crippen molar-refractivity contribution in [3.05, 3.63) is 277 Å². The van der Waals surface area contributed by atoms with E-state index in [4.69, 9.17) is 15.6 Å². The molecule has 0 aliphatic heterocycles. The molecule has 0 atom stereocenters. The SMILES string of the molecule is CC(=O)CC1(CSc2ccc(F)cc2-c2ccc(C#N)cc2)CC1.CC(=O)CC1(CSc2ccncc2-c2ccc(CO)cc2)CC1.CC(C)(C)Nc1ccncc1-c1ccc(C#N)c2ccccc12.CCC1(CS(=O)(=O)c2ccccc2-c2ccc(C#N)cc2)CC1.CCNc1ccncc1-c1ccc(C#N)c2ccccc12. The number of halogens is 1. The van der Waals surface area contributed by atoms with E-state index in [2.05, 4.69) is 90.5 Å². The Bertz CT molecular complexity index is 5730. The van der Waals surface area contributed by atoms with Crippen molar-refractivity contribution in [1.29, 1.82) is 21.0 Å². The van der Waals surface area contributed by atoms with Crippen molar-refractivity contribution >= 4 is 77.8 Å². The summed E-state index contributed by atoms with van der Waals surface area (Å²) in [5.41, 5.74) is 15.6. The Kier molecular flexibility index (Phi) is 27.6. The number of fused-ring (bicyclic) bond motifs is 2. The number of aliphatic hydroxyl groups excluding tert-OH is 1. The third-order valence-corrected chi connectivity index (χ3v) is 25.5. The van der Waals surface area contributed by atoms with Crippen LogP contribution in [0.1, 0.15) is 134 Å². The summed E-state index contributed by atoms with van der Waals surface area (Å²) in [6.45, 7) is 14.8. The molecular formula is C96H92FN9O5S3. The summed E-state index contributed by atoms with van der Waals surface area (Å²) >= 11 is 3.51. The van der Waals surface area contributed by atoms with Gasteiger partial charge >= 0.3 is 0 Å². The topological polar surface area (TPSA) is 246 Å². The van der Waals surface area contributed by atoms with Crippen molar-refractivity contribution in [2.45, 2.75) is 133 Å². The zero-order valence-corrected chi connectivity index (χ0v) is 67.8. The molecule has 18 heteroatoms. The summed E-state index contributed by atoms with van der Waals surface area (Å²) in [7, 11) is -3.33. The van der Waals surface area contributed by atoms with Crippen LogP contribution < -0.4 is 10.6 Å². The molecule has 3 aromatic heterocycles. The second-order valence-electron chi connectivity index (χ2n) is 30.6. The molecule has 9 aromatic carbocycles. The molecule has 3 N–H and O–H groups in total. The third-order valence-electron chi connectivity index (χ3n) is 20.7. The van der Waals surface area contributed by atoms with Gasteiger partial charge in [-0.05, 0) is 231 Å². The zero-order chi connectivity index (χ0) is 81.1. The number of nitrogens with zero attached hydrogens (tertiary/aromatic N) is 7. The highest BCUT2D eigenvalue weighted by atomic mass is 32.2. The molecule has 14 nitrogen and oxygen atoms in total. The van der Waals surface area contributed by atoms with E-state index in [1.165, 1.54) is 17.0 Å². The molecule has 114 heavy (non-hydrogen) atoms. The van der Waals surface area contributed by atoms with Crippen LogP contribution in [-0.2, 0) is 26.0 Å². The number of sulfone groups is 1. The molecule has 3 aliphatic rings. The number of rotatable bonds is 23. The first-order valence-corrected chi connectivity index (χ1v) is 41.9. The van der Waals surface area contributed by atoms with Gasteiger partial charge in [-0.1, -0.05) is 134 Å². The molecule has 3 heterocycles. The molecule has 576 valence electrons. The summed E-state index contributed by atoms with van der Waals surface area (Å²) in [6, 6.07) is 72.6. The molecule has 0 spiro atoms. The predicted octanol–water partition coefficient (Wildman–Crippen LogP) is 22.7. The van der Waals surface area contributed by atoms with E-state index in [1.807, 2.05) is 170 Å². The minimum absolute atomic E-state index is 0.0173. The van der Waals surface area contributed by atoms with Gasteiger partial charge < -0.3 is 25.3 Å². The number of Topliss-reactive ketones (excluding diaryl/α,β-unsaturated/α-hetero) is 2. The first kappa shape index (κ1) is 83.3. The van der Waals surface area contributed by atoms with Crippen LogP contribution in [-0.4, -0.2) is 69.4 Å². The van der Waals surface area contributed by atoms with Crippen LogP contribution >= 0.6 is 23.5 Å². The summed E-state index contributed by atoms with van der Waals surface area (Å²) in [5, 5.41) is 56.5. The number of nitriles is 4. The van der Waals surface area contributed by atoms with Crippen molar-refractivity contribution < 1.29 is 27.5 Å². The minimum atomic E-state index is -3.33. The fraction of sp³-hybridized carbons (Fsp3) is 0.260. The lowest BCUT2D eigenvalue weighted by molar-refractivity contribution is -0.118. The average molecular weight is 1570 g/mol. The first-order valence-electron chi connectivity index (χ1n) is 38.2. The number of ketones is 2. The molecule has 3 saturated carbocycles. The smallest absolute Gasteiger partial charge is 0.179 e. The number of nitrogens with one attached hydrogen (secondary N) is 2. The van der Waals surface area contributed by atoms with Gasteiger partial charge in [-0.15, -0.1) is 23.5 Å². The largest absolute Gasteiger partial charge is 0.392 e. The van der Waals surface area contributed by atoms with Crippen molar-refractivity contribution in [2.75, 3.05) is 34.4 Å². The number of anilines is 2. The summed E-state index contributed by atoms with van der Waals surface area (Å²) in [5.74, 6) is 2.34. The Morgan fingerprint density at radius 3 is 1.39 bits per heavy atom. The van der Waals surface area contributed by atoms with E-state index >= 15 is 0 Å². The van der Waals surface area contributed by atoms with Crippen LogP contribution in [0.2, 0.25) is 0 Å². The maximum atomic E-state index is 13.7. The number of benzene rings is 9. The van der Waals surface area contributed by atoms with E-state index in [-0.39, 0.29) is 51.5 Å². The van der Waals surface area contributed by atoms with Gasteiger partial charge in [0.05, 0.1) is 63.8 Å². The second kappa shape index (κ2) is 37.8. The van der Waals surface area contributed by atoms with Crippen LogP contribution in [0.25, 0.3) is 77.2 Å². The van der Waals surface area contributed by atoms with E-state index in [9.17, 15) is 32.9 Å². The molecule has 0 radical (unpaired) electrons. The van der Waals surface area contributed by atoms with Crippen LogP contribution in [0.3, 0.4) is 0 Å². The number of aromatic nitrogens is 3. The summed E-state index contributed by atoms with van der Waals surface area (Å²) < 4.78 is 39.6. The van der Waals surface area contributed by atoms with Crippen molar-refractivity contribution in [2.24, 2.45) is 16.2 Å². The number of carbonyl (C=O) groups is 2. The van der Waals surface area contributed by atoms with Gasteiger partial charge in [0.2, 0.25) is 0 Å². The van der Waals surface area contributed by atoms with E-state index in [0.717, 1.165) is 156 Å². The number of aliphatic hydroxyl groups is 1. The van der Waals surface area contributed by atoms with E-state index < -0.39 is 9.84 Å². The fourth-order valence-corrected chi connectivity index (χ4v) is 19.0. The van der Waals surface area contributed by atoms with Gasteiger partial charge in [-0.3, -0.25) is 15.0 Å². The number of pyridine rings is 3. The average Bonchev–Trinajstić information content (AvgIpc) is 1.62. The Morgan fingerprint density at radius 2 is 0.930 bits per heavy atom. The predicted molar refractivity (Wildman–Crippen MR) is 459 cm³/mol. The highest BCUT2D eigenvalue weighted by molar-refractivity contribution is 7.99. The molecule has 3 aliphatic carbocycles. The normalized spacial score (nSPS) is 13.6. The zero-order valence-electron chi connectivity index (χ0n) is 65.3. The third kappa shape index (κ3) is 21.8. The van der Waals surface area contributed by atoms with E-state index in [1.54, 1.807) is 92.6 Å². The fourth-order valence-electron chi connectivity index (χ4n) is 14.0. The first-order chi connectivity index (χ1) is 55.0. The van der Waals surface area contributed by atoms with Crippen LogP contribution in [0.4, 0.5) is 15.8 Å². The van der Waals surface area contributed by atoms with Crippen molar-refractivity contribution in [1.82, 2.24) is 15.0 Å². The lowest BCUT2D eigenvalue weighted by atomic mass is 9.95. The maximum absolute atomic E-state index is 13.7. The van der Waals surface area contributed by atoms with Gasteiger partial charge in [0, 0.05) is 128 Å². The van der Waals surface area contributed by atoms with Gasteiger partial charge in [0.15, 0.2) is 9.84 Å². The Balaban J connectivity index is 0.000000141. The molecule has 0 bridgehead atoms. The number of hydrogen-bond acceptors (Lipinski definition) is 16. The number of hydrogen-bond donors (Lipinski definition) is 3. The monoisotopic (exact) mass is 1570 g/mol. The Labute approximate surface area is 677 Å². The number of carbonyl (C=O) groups excluding carboxylic acids is 2. The Morgan fingerprint density at radius 1 is 0.491 bits per heavy atom. The standard InChI is InChI=1S/C20H18FNOS.C20H19N3.C19H21NO2S.C19H19NO2S.C18H15N3/c1-14(23)11-20(8-9-20)13-24-19-7-6-17(21)10-18(19)16-4-2-15(12-22)3-5-16;1-20(2,3)23-19-10-11-22-13-18(19)17-9-8-14(12-21)15-6-4-5-7-16(15)17;1-14(22)10-19(7-8-19)13-23-18-6-9-20-11-17(18)16-4-2-15(12-21)3-5-16;1-2-19(11-12-19)14-23(21,22)18-6-4-3-5-17(18)16-9-7-15(13-20)8-10-16;1-2-21-18-9-10-20-12-17(18)16-8-7-13(11-19)14-5-3-4-6-15(14)16/h2-7,10H,8-9,11,13H2,1H3;4-11,13H,1-3H3,(H,22,23);2-6,9,11,21H,7-8,10,12-13H2,1H3;3-10H,2,11-12,14H2,1H3;3-10,12H,2H2,1H3,(H,20,21). The maximum Gasteiger partial charge on any atom is 0.179 e. The molecule has 0 amide bonds. The summed E-state index contributed by atoms with van der Waals surface area (Å²) in [6.07, 6.45) is 19.8. The molecule has 15 rings (SSSR count). The highest BCUT2D eigenvalue weighted by Gasteiger charge is 2.46. The quantitative estimate of drug-likeness (QED) is 0.0504. The summed E-state index contributed by atoms with van der Waals surface area (Å²) in [4.78, 5) is 38.2. The molecule has 12 aromatic rings. The minimum Gasteiger partial charge on any atom is -0.392 e. The van der Waals surface area contributed by atoms with Gasteiger partial charge in [0.25, 0.3) is 0 Å². The van der Waals surface area contributed by atoms with Gasteiger partial charge in [-0.25, -0.2) is 12.8 Å². The van der Waals surface area contributed by atoms with Crippen LogP contribution in [0.15, 0.2) is 258 Å². The van der Waals surface area contributed by atoms with E-state index in [0.29, 0.717) is 45.6 Å². The van der Waals surface area contributed by atoms with Crippen LogP contribution in [0, 0.1) is 67.4 Å². The lowest BCUT2D eigenvalue weighted by Gasteiger charge is -2.24. The molecule has 0 unspecified atom stereocenters. The Hall–Kier alpha value is -11.6. The highest BCUT2D eigenvalue weighted by Crippen LogP contribution is 2.55. The van der Waals surface area contributed by atoms with Crippen molar-refractivity contribution in [3.8, 4) is 79.9 Å².